The second kappa shape index (κ2) is 5.67. The Morgan fingerprint density at radius 1 is 1.26 bits per heavy atom. The van der Waals surface area contributed by atoms with Gasteiger partial charge in [-0.15, -0.1) is 11.3 Å². The summed E-state index contributed by atoms with van der Waals surface area (Å²) in [5.74, 6) is 1.21. The molecule has 0 bridgehead atoms. The summed E-state index contributed by atoms with van der Waals surface area (Å²) < 4.78 is 0. The average molecular weight is 330 g/mol. The molecule has 0 unspecified atom stereocenters. The van der Waals surface area contributed by atoms with Crippen molar-refractivity contribution in [2.75, 3.05) is 23.7 Å². The molecule has 5 nitrogen and oxygen atoms in total. The molecule has 23 heavy (non-hydrogen) atoms. The maximum atomic E-state index is 11.6. The van der Waals surface area contributed by atoms with E-state index in [-0.39, 0.29) is 0 Å². The van der Waals surface area contributed by atoms with E-state index in [1.54, 1.807) is 0 Å². The molecule has 0 radical (unpaired) electrons. The minimum atomic E-state index is -0.470. The van der Waals surface area contributed by atoms with Gasteiger partial charge in [-0.25, -0.2) is 4.98 Å². The molecule has 4 rings (SSSR count). The summed E-state index contributed by atoms with van der Waals surface area (Å²) in [6, 6.07) is 2.03. The van der Waals surface area contributed by atoms with Crippen molar-refractivity contribution in [3.05, 3.63) is 17.1 Å². The molecule has 1 saturated carbocycles. The maximum Gasteiger partial charge on any atom is 0.260 e. The van der Waals surface area contributed by atoms with Crippen molar-refractivity contribution in [2.45, 2.75) is 32.1 Å². The van der Waals surface area contributed by atoms with Crippen LogP contribution in [0.5, 0.6) is 0 Å². The fourth-order valence-corrected chi connectivity index (χ4v) is 5.23. The van der Waals surface area contributed by atoms with E-state index in [0.29, 0.717) is 10.6 Å². The van der Waals surface area contributed by atoms with Crippen LogP contribution in [0.4, 0.5) is 11.4 Å². The van der Waals surface area contributed by atoms with Crippen molar-refractivity contribution < 1.29 is 4.79 Å². The van der Waals surface area contributed by atoms with Crippen molar-refractivity contribution in [2.24, 2.45) is 17.6 Å². The van der Waals surface area contributed by atoms with Gasteiger partial charge < -0.3 is 16.4 Å². The maximum absolute atomic E-state index is 11.6. The molecule has 2 aliphatic rings. The Hall–Kier alpha value is -1.82. The summed E-state index contributed by atoms with van der Waals surface area (Å²) in [7, 11) is 0. The summed E-state index contributed by atoms with van der Waals surface area (Å²) in [5, 5.41) is 0.903. The fraction of sp³-hybridized carbons (Fsp3) is 0.529. The van der Waals surface area contributed by atoms with Crippen molar-refractivity contribution in [3.8, 4) is 0 Å². The number of fused-ring (bicyclic) bond motifs is 2. The number of hydrogen-bond donors (Lipinski definition) is 2. The molecular formula is C17H22N4OS. The van der Waals surface area contributed by atoms with Gasteiger partial charge in [0.1, 0.15) is 9.71 Å². The Balaban J connectivity index is 1.72. The molecule has 2 aromatic heterocycles. The molecule has 0 spiro atoms. The molecule has 122 valence electrons. The summed E-state index contributed by atoms with van der Waals surface area (Å²) in [5.41, 5.74) is 13.3. The van der Waals surface area contributed by atoms with E-state index in [1.807, 2.05) is 12.3 Å². The van der Waals surface area contributed by atoms with Gasteiger partial charge in [-0.05, 0) is 30.7 Å². The van der Waals surface area contributed by atoms with E-state index >= 15 is 0 Å². The van der Waals surface area contributed by atoms with Gasteiger partial charge in [-0.2, -0.15) is 0 Å². The first kappa shape index (κ1) is 14.8. The van der Waals surface area contributed by atoms with Gasteiger partial charge in [-0.3, -0.25) is 4.79 Å². The predicted octanol–water partition coefficient (Wildman–Crippen LogP) is 2.99. The quantitative estimate of drug-likeness (QED) is 0.886. The van der Waals surface area contributed by atoms with Crippen LogP contribution in [0.15, 0.2) is 12.3 Å². The van der Waals surface area contributed by atoms with E-state index < -0.39 is 5.91 Å². The summed E-state index contributed by atoms with van der Waals surface area (Å²) in [4.78, 5) is 19.6. The van der Waals surface area contributed by atoms with Crippen LogP contribution in [0.25, 0.3) is 10.2 Å². The molecule has 1 aliphatic heterocycles. The molecule has 2 fully saturated rings. The number of nitrogen functional groups attached to an aromatic ring is 1. The average Bonchev–Trinajstić information content (AvgIpc) is 2.92. The van der Waals surface area contributed by atoms with Crippen LogP contribution in [0, 0.1) is 11.8 Å². The molecule has 2 aromatic rings. The minimum absolute atomic E-state index is 0.424. The smallest absolute Gasteiger partial charge is 0.260 e. The Labute approximate surface area is 139 Å². The highest BCUT2D eigenvalue weighted by molar-refractivity contribution is 7.21. The third-order valence-electron chi connectivity index (χ3n) is 5.46. The van der Waals surface area contributed by atoms with Crippen LogP contribution in [-0.4, -0.2) is 24.0 Å². The molecule has 1 aliphatic carbocycles. The van der Waals surface area contributed by atoms with Crippen LogP contribution in [-0.2, 0) is 0 Å². The van der Waals surface area contributed by atoms with Crippen molar-refractivity contribution in [1.29, 1.82) is 0 Å². The zero-order valence-corrected chi connectivity index (χ0v) is 13.9. The normalized spacial score (nSPS) is 24.6. The van der Waals surface area contributed by atoms with Crippen molar-refractivity contribution in [1.82, 2.24) is 4.98 Å². The van der Waals surface area contributed by atoms with Gasteiger partial charge in [0.25, 0.3) is 5.91 Å². The molecular weight excluding hydrogens is 308 g/mol. The number of nitrogens with zero attached hydrogens (tertiary/aromatic N) is 2. The Morgan fingerprint density at radius 2 is 2.04 bits per heavy atom. The first-order valence-electron chi connectivity index (χ1n) is 8.37. The zero-order chi connectivity index (χ0) is 16.0. The van der Waals surface area contributed by atoms with Crippen molar-refractivity contribution >= 4 is 38.8 Å². The van der Waals surface area contributed by atoms with Gasteiger partial charge >= 0.3 is 0 Å². The van der Waals surface area contributed by atoms with E-state index in [1.165, 1.54) is 43.4 Å². The lowest BCUT2D eigenvalue weighted by atomic mass is 9.75. The third kappa shape index (κ3) is 2.45. The predicted molar refractivity (Wildman–Crippen MR) is 94.8 cm³/mol. The summed E-state index contributed by atoms with van der Waals surface area (Å²) in [6.45, 7) is 2.15. The van der Waals surface area contributed by atoms with Gasteiger partial charge in [0.05, 0.1) is 16.8 Å². The number of piperidine rings is 1. The standard InChI is InChI=1S/C17H22N4OS/c18-14-13-12(5-7-20-17(13)23-15(14)16(19)22)21-8-6-10-3-1-2-4-11(10)9-21/h5,7,10-11H,1-4,6,8-9,18H2,(H2,19,22)/t10-,11+/m0/s1. The Bertz CT molecular complexity index is 756. The number of hydrogen-bond acceptors (Lipinski definition) is 5. The van der Waals surface area contributed by atoms with Crippen LogP contribution >= 0.6 is 11.3 Å². The second-order valence-corrected chi connectivity index (χ2v) is 7.76. The first-order valence-corrected chi connectivity index (χ1v) is 9.18. The highest BCUT2D eigenvalue weighted by atomic mass is 32.1. The molecule has 1 saturated heterocycles. The molecule has 3 heterocycles. The Morgan fingerprint density at radius 3 is 2.83 bits per heavy atom. The van der Waals surface area contributed by atoms with Gasteiger partial charge in [-0.1, -0.05) is 19.3 Å². The minimum Gasteiger partial charge on any atom is -0.397 e. The second-order valence-electron chi connectivity index (χ2n) is 6.76. The molecule has 0 aromatic carbocycles. The largest absolute Gasteiger partial charge is 0.397 e. The van der Waals surface area contributed by atoms with Crippen LogP contribution < -0.4 is 16.4 Å². The van der Waals surface area contributed by atoms with E-state index in [9.17, 15) is 4.79 Å². The summed E-state index contributed by atoms with van der Waals surface area (Å²) in [6.07, 6.45) is 8.53. The van der Waals surface area contributed by atoms with E-state index in [4.69, 9.17) is 11.5 Å². The third-order valence-corrected chi connectivity index (χ3v) is 6.59. The number of carbonyl (C=O) groups excluding carboxylic acids is 1. The highest BCUT2D eigenvalue weighted by Crippen LogP contribution is 2.42. The van der Waals surface area contributed by atoms with Crippen LogP contribution in [0.2, 0.25) is 0 Å². The number of primary amides is 1. The first-order chi connectivity index (χ1) is 11.1. The molecule has 1 amide bonds. The highest BCUT2D eigenvalue weighted by Gasteiger charge is 2.32. The molecule has 2 atom stereocenters. The lowest BCUT2D eigenvalue weighted by Crippen LogP contribution is -2.41. The van der Waals surface area contributed by atoms with E-state index in [2.05, 4.69) is 9.88 Å². The zero-order valence-electron chi connectivity index (χ0n) is 13.1. The van der Waals surface area contributed by atoms with Crippen LogP contribution in [0.1, 0.15) is 41.8 Å². The number of nitrogens with two attached hydrogens (primary N) is 2. The lowest BCUT2D eigenvalue weighted by molar-refractivity contribution is 0.100. The molecule has 4 N–H and O–H groups in total. The van der Waals surface area contributed by atoms with E-state index in [0.717, 1.165) is 40.8 Å². The molecule has 6 heteroatoms. The number of aromatic nitrogens is 1. The number of rotatable bonds is 2. The monoisotopic (exact) mass is 330 g/mol. The fourth-order valence-electron chi connectivity index (χ4n) is 4.29. The SMILES string of the molecule is NC(=O)c1sc2nccc(N3CC[C@@H]4CCCC[C@@H]4C3)c2c1N. The van der Waals surface area contributed by atoms with Gasteiger partial charge in [0.15, 0.2) is 0 Å². The number of anilines is 2. The van der Waals surface area contributed by atoms with Gasteiger partial charge in [0, 0.05) is 19.3 Å². The number of amides is 1. The topological polar surface area (TPSA) is 85.2 Å². The number of pyridine rings is 1. The lowest BCUT2D eigenvalue weighted by Gasteiger charge is -2.42. The number of carbonyl (C=O) groups is 1. The van der Waals surface area contributed by atoms with Crippen molar-refractivity contribution in [3.63, 3.8) is 0 Å². The van der Waals surface area contributed by atoms with Gasteiger partial charge in [0.2, 0.25) is 0 Å². The van der Waals surface area contributed by atoms with Crippen LogP contribution in [0.3, 0.4) is 0 Å². The number of thiophene rings is 1. The summed E-state index contributed by atoms with van der Waals surface area (Å²) >= 11 is 1.30. The Kier molecular flexibility index (Phi) is 3.64.